The number of thioether (sulfide) groups is 1. The smallest absolute Gasteiger partial charge is 0.107 e. The van der Waals surface area contributed by atoms with E-state index in [0.29, 0.717) is 0 Å². The monoisotopic (exact) mass is 392 g/mol. The third kappa shape index (κ3) is 2.96. The highest BCUT2D eigenvalue weighted by Crippen LogP contribution is 2.39. The van der Waals surface area contributed by atoms with Gasteiger partial charge in [0.2, 0.25) is 0 Å². The van der Waals surface area contributed by atoms with Gasteiger partial charge in [-0.05, 0) is 55.8 Å². The fourth-order valence-corrected chi connectivity index (χ4v) is 5.11. The van der Waals surface area contributed by atoms with E-state index in [1.807, 2.05) is 36.6 Å². The molecule has 1 atom stereocenters. The number of rotatable bonds is 3. The molecule has 0 aliphatic heterocycles. The van der Waals surface area contributed by atoms with Crippen molar-refractivity contribution in [2.75, 3.05) is 6.26 Å². The Bertz CT molecular complexity index is 525. The lowest BCUT2D eigenvalue weighted by Crippen LogP contribution is -2.00. The van der Waals surface area contributed by atoms with Crippen LogP contribution in [0.4, 0.5) is 0 Å². The summed E-state index contributed by atoms with van der Waals surface area (Å²) >= 11 is 10.1. The molecule has 0 aliphatic carbocycles. The molecule has 0 saturated carbocycles. The van der Waals surface area contributed by atoms with E-state index in [9.17, 15) is 5.11 Å². The lowest BCUT2D eigenvalue weighted by molar-refractivity contribution is 0.217. The summed E-state index contributed by atoms with van der Waals surface area (Å²) in [4.78, 5) is 1.11. The molecule has 0 saturated heterocycles. The molecule has 90 valence electrons. The molecule has 5 heteroatoms. The number of hydrogen-bond acceptors (Lipinski definition) is 3. The van der Waals surface area contributed by atoms with E-state index in [4.69, 9.17) is 0 Å². The van der Waals surface area contributed by atoms with Crippen LogP contribution in [0.25, 0.3) is 0 Å². The van der Waals surface area contributed by atoms with Gasteiger partial charge in [0.15, 0.2) is 0 Å². The van der Waals surface area contributed by atoms with Crippen LogP contribution < -0.4 is 0 Å². The van der Waals surface area contributed by atoms with E-state index >= 15 is 0 Å². The van der Waals surface area contributed by atoms with Crippen molar-refractivity contribution in [1.29, 1.82) is 0 Å². The number of benzene rings is 1. The molecule has 0 amide bonds. The zero-order valence-electron chi connectivity index (χ0n) is 8.98. The predicted molar refractivity (Wildman–Crippen MR) is 82.0 cm³/mol. The molecule has 1 unspecified atom stereocenters. The average molecular weight is 394 g/mol. The zero-order chi connectivity index (χ0) is 12.4. The highest BCUT2D eigenvalue weighted by atomic mass is 79.9. The van der Waals surface area contributed by atoms with E-state index in [0.717, 1.165) is 23.6 Å². The van der Waals surface area contributed by atoms with E-state index in [1.165, 1.54) is 0 Å². The Morgan fingerprint density at radius 2 is 1.94 bits per heavy atom. The Morgan fingerprint density at radius 1 is 1.24 bits per heavy atom. The summed E-state index contributed by atoms with van der Waals surface area (Å²) in [7, 11) is 0. The highest BCUT2D eigenvalue weighted by Gasteiger charge is 2.18. The number of halogens is 2. The maximum Gasteiger partial charge on any atom is 0.107 e. The quantitative estimate of drug-likeness (QED) is 0.734. The van der Waals surface area contributed by atoms with Gasteiger partial charge in [0.05, 0.1) is 7.57 Å². The van der Waals surface area contributed by atoms with Crippen LogP contribution in [0.15, 0.2) is 42.8 Å². The number of hydrogen-bond donors (Lipinski definition) is 1. The van der Waals surface area contributed by atoms with Crippen molar-refractivity contribution in [3.05, 3.63) is 49.0 Å². The minimum Gasteiger partial charge on any atom is -0.384 e. The van der Waals surface area contributed by atoms with Crippen molar-refractivity contribution in [2.24, 2.45) is 0 Å². The van der Waals surface area contributed by atoms with Gasteiger partial charge in [-0.25, -0.2) is 0 Å². The van der Waals surface area contributed by atoms with Crippen LogP contribution in [0.2, 0.25) is 0 Å². The standard InChI is InChI=1S/C12H10Br2OS2/c1-16-9-5-3-2-4-7(9)11(15)8-6-10(13)17-12(8)14/h2-6,11,15H,1H3. The van der Waals surface area contributed by atoms with Crippen LogP contribution in [0.3, 0.4) is 0 Å². The Kier molecular flexibility index (Phi) is 4.72. The lowest BCUT2D eigenvalue weighted by atomic mass is 10.0. The SMILES string of the molecule is CSc1ccccc1C(O)c1cc(Br)sc1Br. The topological polar surface area (TPSA) is 20.2 Å². The van der Waals surface area contributed by atoms with Gasteiger partial charge in [-0.15, -0.1) is 23.1 Å². The molecule has 17 heavy (non-hydrogen) atoms. The molecule has 1 N–H and O–H groups in total. The van der Waals surface area contributed by atoms with Crippen LogP contribution in [0.1, 0.15) is 17.2 Å². The maximum atomic E-state index is 10.4. The summed E-state index contributed by atoms with van der Waals surface area (Å²) in [6, 6.07) is 9.89. The molecule has 1 aromatic heterocycles. The second-order valence-electron chi connectivity index (χ2n) is 3.42. The van der Waals surface area contributed by atoms with Crippen molar-refractivity contribution >= 4 is 55.0 Å². The van der Waals surface area contributed by atoms with E-state index in [2.05, 4.69) is 31.9 Å². The fraction of sp³-hybridized carbons (Fsp3) is 0.167. The van der Waals surface area contributed by atoms with Gasteiger partial charge in [0, 0.05) is 10.5 Å². The first-order valence-corrected chi connectivity index (χ1v) is 8.52. The van der Waals surface area contributed by atoms with Gasteiger partial charge in [0.1, 0.15) is 6.10 Å². The fourth-order valence-electron chi connectivity index (χ4n) is 1.60. The van der Waals surface area contributed by atoms with Crippen LogP contribution >= 0.6 is 55.0 Å². The molecule has 2 aromatic rings. The molecule has 0 aliphatic rings. The molecule has 1 heterocycles. The highest BCUT2D eigenvalue weighted by molar-refractivity contribution is 9.12. The first-order chi connectivity index (χ1) is 8.13. The molecule has 1 aromatic carbocycles. The Balaban J connectivity index is 2.43. The van der Waals surface area contributed by atoms with Gasteiger partial charge in [-0.1, -0.05) is 18.2 Å². The first-order valence-electron chi connectivity index (χ1n) is 4.89. The molecule has 1 nitrogen and oxygen atoms in total. The molecule has 0 fully saturated rings. The Labute approximate surface area is 126 Å². The average Bonchev–Trinajstić information content (AvgIpc) is 2.67. The first kappa shape index (κ1) is 13.6. The molecular formula is C12H10Br2OS2. The zero-order valence-corrected chi connectivity index (χ0v) is 13.8. The molecule has 0 bridgehead atoms. The lowest BCUT2D eigenvalue weighted by Gasteiger charge is -2.13. The maximum absolute atomic E-state index is 10.4. The van der Waals surface area contributed by atoms with Crippen molar-refractivity contribution in [2.45, 2.75) is 11.0 Å². The van der Waals surface area contributed by atoms with Gasteiger partial charge in [-0.3, -0.25) is 0 Å². The van der Waals surface area contributed by atoms with E-state index < -0.39 is 6.10 Å². The van der Waals surface area contributed by atoms with Crippen LogP contribution in [-0.2, 0) is 0 Å². The minimum absolute atomic E-state index is 0.587. The summed E-state index contributed by atoms with van der Waals surface area (Å²) in [6.07, 6.45) is 1.43. The van der Waals surface area contributed by atoms with Crippen LogP contribution in [-0.4, -0.2) is 11.4 Å². The summed E-state index contributed by atoms with van der Waals surface area (Å²) in [5.41, 5.74) is 1.86. The van der Waals surface area contributed by atoms with Gasteiger partial charge >= 0.3 is 0 Å². The predicted octanol–water partition coefficient (Wildman–Crippen LogP) is 5.08. The summed E-state index contributed by atoms with van der Waals surface area (Å²) < 4.78 is 1.98. The van der Waals surface area contributed by atoms with Crippen molar-refractivity contribution in [3.63, 3.8) is 0 Å². The minimum atomic E-state index is -0.587. The second-order valence-corrected chi connectivity index (χ2v) is 8.02. The van der Waals surface area contributed by atoms with E-state index in [1.54, 1.807) is 23.1 Å². The van der Waals surface area contributed by atoms with Crippen LogP contribution in [0.5, 0.6) is 0 Å². The third-order valence-corrected chi connectivity index (χ3v) is 5.61. The number of thiophene rings is 1. The van der Waals surface area contributed by atoms with Crippen molar-refractivity contribution in [1.82, 2.24) is 0 Å². The summed E-state index contributed by atoms with van der Waals surface area (Å²) in [6.45, 7) is 0. The largest absolute Gasteiger partial charge is 0.384 e. The molecule has 0 spiro atoms. The summed E-state index contributed by atoms with van der Waals surface area (Å²) in [5, 5.41) is 10.4. The van der Waals surface area contributed by atoms with Gasteiger partial charge < -0.3 is 5.11 Å². The van der Waals surface area contributed by atoms with E-state index in [-0.39, 0.29) is 0 Å². The molecular weight excluding hydrogens is 384 g/mol. The van der Waals surface area contributed by atoms with Gasteiger partial charge in [-0.2, -0.15) is 0 Å². The second kappa shape index (κ2) is 5.89. The molecule has 0 radical (unpaired) electrons. The van der Waals surface area contributed by atoms with Crippen LogP contribution in [0, 0.1) is 0 Å². The third-order valence-electron chi connectivity index (χ3n) is 2.41. The van der Waals surface area contributed by atoms with Gasteiger partial charge in [0.25, 0.3) is 0 Å². The number of aliphatic hydroxyl groups is 1. The normalized spacial score (nSPS) is 12.7. The van der Waals surface area contributed by atoms with Crippen molar-refractivity contribution in [3.8, 4) is 0 Å². The van der Waals surface area contributed by atoms with Crippen molar-refractivity contribution < 1.29 is 5.11 Å². The Morgan fingerprint density at radius 3 is 2.53 bits per heavy atom. The summed E-state index contributed by atoms with van der Waals surface area (Å²) in [5.74, 6) is 0. The number of aliphatic hydroxyl groups excluding tert-OH is 1. The Hall–Kier alpha value is 0.190. The molecule has 2 rings (SSSR count).